The summed E-state index contributed by atoms with van der Waals surface area (Å²) in [4.78, 5) is 12.4. The molecule has 2 aliphatic carbocycles. The fraction of sp³-hybridized carbons (Fsp3) is 0.812. The highest BCUT2D eigenvalue weighted by atomic mass is 32.2. The average molecular weight is 336 g/mol. The molecule has 0 aromatic carbocycles. The van der Waals surface area contributed by atoms with E-state index in [2.05, 4.69) is 15.5 Å². The van der Waals surface area contributed by atoms with Gasteiger partial charge in [0, 0.05) is 31.5 Å². The third-order valence-corrected chi connectivity index (χ3v) is 6.75. The Bertz CT molecular complexity index is 567. The van der Waals surface area contributed by atoms with Crippen molar-refractivity contribution >= 4 is 17.7 Å². The molecule has 1 saturated heterocycles. The molecule has 1 N–H and O–H groups in total. The van der Waals surface area contributed by atoms with Crippen molar-refractivity contribution in [3.63, 3.8) is 0 Å². The molecule has 1 aromatic heterocycles. The standard InChI is InChI=1S/C16H24N4O2S/c1-20-9-17-19-16(20)23-8-12(21)18-14-11-6-7-22-15(11)13(14)10-4-2-3-5-10/h9-11,13-15H,2-8H2,1H3,(H,18,21)/t11-,13+,14-,15-/m1/s1. The van der Waals surface area contributed by atoms with Crippen molar-refractivity contribution in [2.45, 2.75) is 49.4 Å². The van der Waals surface area contributed by atoms with E-state index in [1.165, 1.54) is 37.4 Å². The van der Waals surface area contributed by atoms with Gasteiger partial charge in [0.2, 0.25) is 5.91 Å². The maximum Gasteiger partial charge on any atom is 0.230 e. The highest BCUT2D eigenvalue weighted by Gasteiger charge is 2.56. The van der Waals surface area contributed by atoms with E-state index in [0.29, 0.717) is 29.7 Å². The van der Waals surface area contributed by atoms with Crippen LogP contribution in [0.1, 0.15) is 32.1 Å². The van der Waals surface area contributed by atoms with Gasteiger partial charge in [-0.25, -0.2) is 0 Å². The van der Waals surface area contributed by atoms with Gasteiger partial charge in [-0.3, -0.25) is 4.79 Å². The highest BCUT2D eigenvalue weighted by Crippen LogP contribution is 2.51. The molecule has 126 valence electrons. The number of nitrogens with one attached hydrogen (secondary N) is 1. The Balaban J connectivity index is 1.34. The third-order valence-electron chi connectivity index (χ3n) is 5.71. The number of amides is 1. The van der Waals surface area contributed by atoms with Gasteiger partial charge in [0.05, 0.1) is 11.9 Å². The molecule has 0 unspecified atom stereocenters. The zero-order chi connectivity index (χ0) is 15.8. The summed E-state index contributed by atoms with van der Waals surface area (Å²) in [6.07, 6.45) is 8.42. The van der Waals surface area contributed by atoms with Gasteiger partial charge in [-0.15, -0.1) is 10.2 Å². The van der Waals surface area contributed by atoms with Gasteiger partial charge >= 0.3 is 0 Å². The van der Waals surface area contributed by atoms with Crippen LogP contribution in [0.3, 0.4) is 0 Å². The molecule has 6 nitrogen and oxygen atoms in total. The normalized spacial score (nSPS) is 33.4. The maximum atomic E-state index is 12.4. The smallest absolute Gasteiger partial charge is 0.230 e. The molecule has 1 aliphatic heterocycles. The van der Waals surface area contributed by atoms with Gasteiger partial charge in [-0.1, -0.05) is 37.4 Å². The summed E-state index contributed by atoms with van der Waals surface area (Å²) < 4.78 is 7.78. The summed E-state index contributed by atoms with van der Waals surface area (Å²) in [5, 5.41) is 11.9. The Labute approximate surface area is 140 Å². The second kappa shape index (κ2) is 6.43. The van der Waals surface area contributed by atoms with E-state index in [1.54, 1.807) is 6.33 Å². The van der Waals surface area contributed by atoms with Crippen molar-refractivity contribution < 1.29 is 9.53 Å². The number of carbonyl (C=O) groups excluding carboxylic acids is 1. The zero-order valence-corrected chi connectivity index (χ0v) is 14.3. The molecule has 4 atom stereocenters. The first-order valence-corrected chi connectivity index (χ1v) is 9.60. The molecule has 1 amide bonds. The molecule has 0 radical (unpaired) electrons. The van der Waals surface area contributed by atoms with Crippen LogP contribution in [0.4, 0.5) is 0 Å². The number of ether oxygens (including phenoxy) is 1. The lowest BCUT2D eigenvalue weighted by Crippen LogP contribution is -2.63. The Morgan fingerprint density at radius 1 is 1.43 bits per heavy atom. The number of nitrogens with zero attached hydrogens (tertiary/aromatic N) is 3. The number of aromatic nitrogens is 3. The summed E-state index contributed by atoms with van der Waals surface area (Å²) in [6, 6.07) is 0.318. The van der Waals surface area contributed by atoms with Crippen molar-refractivity contribution in [3.05, 3.63) is 6.33 Å². The van der Waals surface area contributed by atoms with Crippen molar-refractivity contribution in [2.75, 3.05) is 12.4 Å². The SMILES string of the molecule is Cn1cnnc1SCC(=O)N[C@@H]1[C@H]2CCO[C@H]2[C@H]1C1CCCC1. The Hall–Kier alpha value is -1.08. The predicted octanol–water partition coefficient (Wildman–Crippen LogP) is 1.62. The third kappa shape index (κ3) is 2.89. The largest absolute Gasteiger partial charge is 0.377 e. The first kappa shape index (κ1) is 15.4. The van der Waals surface area contributed by atoms with Gasteiger partial charge in [0.15, 0.2) is 5.16 Å². The van der Waals surface area contributed by atoms with Gasteiger partial charge in [-0.2, -0.15) is 0 Å². The van der Waals surface area contributed by atoms with Crippen LogP contribution in [-0.2, 0) is 16.6 Å². The minimum atomic E-state index is 0.108. The monoisotopic (exact) mass is 336 g/mol. The first-order chi connectivity index (χ1) is 11.2. The van der Waals surface area contributed by atoms with Crippen LogP contribution in [0.5, 0.6) is 0 Å². The Morgan fingerprint density at radius 3 is 3.00 bits per heavy atom. The number of hydrogen-bond donors (Lipinski definition) is 1. The van der Waals surface area contributed by atoms with Crippen LogP contribution in [0.15, 0.2) is 11.5 Å². The molecule has 2 heterocycles. The summed E-state index contributed by atoms with van der Waals surface area (Å²) >= 11 is 1.44. The quantitative estimate of drug-likeness (QED) is 0.828. The number of rotatable bonds is 5. The fourth-order valence-corrected chi connectivity index (χ4v) is 5.32. The molecule has 4 rings (SSSR count). The number of thioether (sulfide) groups is 1. The molecule has 2 saturated carbocycles. The van der Waals surface area contributed by atoms with E-state index < -0.39 is 0 Å². The highest BCUT2D eigenvalue weighted by molar-refractivity contribution is 7.99. The molecule has 0 spiro atoms. The maximum absolute atomic E-state index is 12.4. The van der Waals surface area contributed by atoms with Crippen molar-refractivity contribution in [1.29, 1.82) is 0 Å². The van der Waals surface area contributed by atoms with E-state index in [1.807, 2.05) is 11.6 Å². The first-order valence-electron chi connectivity index (χ1n) is 8.62. The van der Waals surface area contributed by atoms with Crippen molar-refractivity contribution in [3.8, 4) is 0 Å². The minimum absolute atomic E-state index is 0.108. The fourth-order valence-electron chi connectivity index (χ4n) is 4.62. The summed E-state index contributed by atoms with van der Waals surface area (Å²) in [5.74, 6) is 2.32. The topological polar surface area (TPSA) is 69.0 Å². The number of fused-ring (bicyclic) bond motifs is 1. The van der Waals surface area contributed by atoms with Gasteiger partial charge in [-0.05, 0) is 12.3 Å². The van der Waals surface area contributed by atoms with E-state index in [9.17, 15) is 4.79 Å². The van der Waals surface area contributed by atoms with Gasteiger partial charge in [0.25, 0.3) is 0 Å². The van der Waals surface area contributed by atoms with Crippen molar-refractivity contribution in [1.82, 2.24) is 20.1 Å². The Kier molecular flexibility index (Phi) is 4.32. The van der Waals surface area contributed by atoms with Crippen LogP contribution in [0.25, 0.3) is 0 Å². The number of aryl methyl sites for hydroxylation is 1. The van der Waals surface area contributed by atoms with E-state index in [4.69, 9.17) is 4.74 Å². The van der Waals surface area contributed by atoms with Gasteiger partial charge in [0.1, 0.15) is 6.33 Å². The lowest BCUT2D eigenvalue weighted by molar-refractivity contribution is -0.127. The second-order valence-corrected chi connectivity index (χ2v) is 7.96. The molecule has 7 heteroatoms. The van der Waals surface area contributed by atoms with Crippen LogP contribution >= 0.6 is 11.8 Å². The average Bonchev–Trinajstić information content (AvgIpc) is 3.25. The van der Waals surface area contributed by atoms with Crippen LogP contribution in [-0.4, -0.2) is 45.2 Å². The molecular formula is C16H24N4O2S. The predicted molar refractivity (Wildman–Crippen MR) is 87.0 cm³/mol. The molecule has 0 bridgehead atoms. The van der Waals surface area contributed by atoms with E-state index in [0.717, 1.165) is 24.1 Å². The van der Waals surface area contributed by atoms with E-state index >= 15 is 0 Å². The lowest BCUT2D eigenvalue weighted by Gasteiger charge is -2.50. The van der Waals surface area contributed by atoms with Crippen LogP contribution in [0, 0.1) is 17.8 Å². The minimum Gasteiger partial charge on any atom is -0.377 e. The zero-order valence-electron chi connectivity index (χ0n) is 13.5. The summed E-state index contributed by atoms with van der Waals surface area (Å²) in [5.41, 5.74) is 0. The summed E-state index contributed by atoms with van der Waals surface area (Å²) in [6.45, 7) is 0.860. The summed E-state index contributed by atoms with van der Waals surface area (Å²) in [7, 11) is 1.89. The molecular weight excluding hydrogens is 312 g/mol. The van der Waals surface area contributed by atoms with Crippen molar-refractivity contribution in [2.24, 2.45) is 24.8 Å². The lowest BCUT2D eigenvalue weighted by atomic mass is 9.61. The number of hydrogen-bond acceptors (Lipinski definition) is 5. The molecule has 3 aliphatic rings. The molecule has 3 fully saturated rings. The molecule has 23 heavy (non-hydrogen) atoms. The number of carbonyl (C=O) groups is 1. The van der Waals surface area contributed by atoms with Crippen LogP contribution < -0.4 is 5.32 Å². The second-order valence-electron chi connectivity index (χ2n) is 7.02. The Morgan fingerprint density at radius 2 is 2.26 bits per heavy atom. The van der Waals surface area contributed by atoms with Gasteiger partial charge < -0.3 is 14.6 Å². The van der Waals surface area contributed by atoms with E-state index in [-0.39, 0.29) is 5.91 Å². The molecule has 1 aromatic rings. The van der Waals surface area contributed by atoms with Crippen LogP contribution in [0.2, 0.25) is 0 Å².